The number of hydrogen-bond acceptors (Lipinski definition) is 2. The topological polar surface area (TPSA) is 46.5 Å². The minimum absolute atomic E-state index is 0.0176. The lowest BCUT2D eigenvalue weighted by atomic mass is 9.71. The number of ether oxygens (including phenoxy) is 1. The van der Waals surface area contributed by atoms with E-state index in [1.165, 1.54) is 0 Å². The van der Waals surface area contributed by atoms with E-state index in [0.29, 0.717) is 29.7 Å². The highest BCUT2D eigenvalue weighted by atomic mass is 16.5. The molecule has 0 aromatic heterocycles. The van der Waals surface area contributed by atoms with Gasteiger partial charge in [0.05, 0.1) is 6.10 Å². The second-order valence-electron chi connectivity index (χ2n) is 5.33. The third-order valence-electron chi connectivity index (χ3n) is 4.36. The maximum atomic E-state index is 11.0. The van der Waals surface area contributed by atoms with Crippen molar-refractivity contribution in [2.75, 3.05) is 6.61 Å². The number of carbonyl (C=O) groups is 1. The van der Waals surface area contributed by atoms with Gasteiger partial charge in [-0.1, -0.05) is 24.3 Å². The maximum absolute atomic E-state index is 11.0. The third kappa shape index (κ3) is 2.03. The summed E-state index contributed by atoms with van der Waals surface area (Å²) in [5.41, 5.74) is 0.519. The Hall–Kier alpha value is -1.35. The first kappa shape index (κ1) is 11.7. The summed E-state index contributed by atoms with van der Waals surface area (Å²) >= 11 is 0. The van der Waals surface area contributed by atoms with Crippen LogP contribution in [0.15, 0.2) is 36.0 Å². The van der Waals surface area contributed by atoms with Crippen LogP contribution >= 0.6 is 0 Å². The van der Waals surface area contributed by atoms with Gasteiger partial charge in [0.1, 0.15) is 0 Å². The lowest BCUT2D eigenvalue weighted by Crippen LogP contribution is -2.32. The van der Waals surface area contributed by atoms with Gasteiger partial charge in [0.25, 0.3) is 0 Å². The van der Waals surface area contributed by atoms with Gasteiger partial charge in [-0.3, -0.25) is 0 Å². The van der Waals surface area contributed by atoms with Crippen molar-refractivity contribution >= 4 is 5.97 Å². The second-order valence-corrected chi connectivity index (χ2v) is 5.33. The predicted octanol–water partition coefficient (Wildman–Crippen LogP) is 2.55. The van der Waals surface area contributed by atoms with E-state index >= 15 is 0 Å². The summed E-state index contributed by atoms with van der Waals surface area (Å²) < 4.78 is 5.87. The summed E-state index contributed by atoms with van der Waals surface area (Å²) in [5.74, 6) is 0.706. The summed E-state index contributed by atoms with van der Waals surface area (Å²) in [6.07, 6.45) is 13.2. The van der Waals surface area contributed by atoms with E-state index < -0.39 is 5.97 Å². The first-order valence-corrected chi connectivity index (χ1v) is 6.66. The highest BCUT2D eigenvalue weighted by Crippen LogP contribution is 2.41. The van der Waals surface area contributed by atoms with Crippen molar-refractivity contribution in [3.8, 4) is 0 Å². The molecule has 1 fully saturated rings. The summed E-state index contributed by atoms with van der Waals surface area (Å²) in [4.78, 5) is 11.0. The van der Waals surface area contributed by atoms with Crippen molar-refractivity contribution < 1.29 is 14.6 Å². The van der Waals surface area contributed by atoms with Crippen LogP contribution in [0.1, 0.15) is 19.3 Å². The van der Waals surface area contributed by atoms with Crippen molar-refractivity contribution in [1.82, 2.24) is 0 Å². The zero-order valence-corrected chi connectivity index (χ0v) is 10.3. The van der Waals surface area contributed by atoms with Gasteiger partial charge in [0.2, 0.25) is 0 Å². The van der Waals surface area contributed by atoms with Crippen LogP contribution in [-0.4, -0.2) is 23.8 Å². The Balaban J connectivity index is 1.87. The molecule has 3 nitrogen and oxygen atoms in total. The van der Waals surface area contributed by atoms with Crippen LogP contribution in [0, 0.1) is 17.8 Å². The fourth-order valence-corrected chi connectivity index (χ4v) is 3.41. The van der Waals surface area contributed by atoms with Gasteiger partial charge in [0, 0.05) is 12.2 Å². The summed E-state index contributed by atoms with van der Waals surface area (Å²) in [7, 11) is 0. The number of rotatable bonds is 1. The van der Waals surface area contributed by atoms with Crippen molar-refractivity contribution in [1.29, 1.82) is 0 Å². The van der Waals surface area contributed by atoms with E-state index in [-0.39, 0.29) is 6.10 Å². The summed E-state index contributed by atoms with van der Waals surface area (Å²) in [6.45, 7) is 0.726. The van der Waals surface area contributed by atoms with E-state index in [9.17, 15) is 4.79 Å². The molecular weight excluding hydrogens is 228 g/mol. The van der Waals surface area contributed by atoms with Crippen LogP contribution in [0.5, 0.6) is 0 Å². The SMILES string of the molecule is O=C(O)C1=CC2OCCC3C=CC=CC3C2CC1. The largest absolute Gasteiger partial charge is 0.478 e. The molecule has 0 spiro atoms. The molecule has 0 aromatic rings. The first-order chi connectivity index (χ1) is 8.75. The number of carboxylic acid groups (broad SMARTS) is 1. The Morgan fingerprint density at radius 1 is 1.28 bits per heavy atom. The van der Waals surface area contributed by atoms with Gasteiger partial charge in [-0.15, -0.1) is 0 Å². The molecule has 18 heavy (non-hydrogen) atoms. The summed E-state index contributed by atoms with van der Waals surface area (Å²) in [6, 6.07) is 0. The first-order valence-electron chi connectivity index (χ1n) is 6.66. The van der Waals surface area contributed by atoms with Crippen LogP contribution < -0.4 is 0 Å². The van der Waals surface area contributed by atoms with Crippen molar-refractivity contribution in [2.45, 2.75) is 25.4 Å². The predicted molar refractivity (Wildman–Crippen MR) is 68.1 cm³/mol. The van der Waals surface area contributed by atoms with Crippen molar-refractivity contribution in [2.24, 2.45) is 17.8 Å². The molecule has 0 saturated carbocycles. The standard InChI is InChI=1S/C15H18O3/c16-15(17)11-5-6-13-12-4-2-1-3-10(12)7-8-18-14(13)9-11/h1-4,9-10,12-14H,5-8H2,(H,16,17). The third-order valence-corrected chi connectivity index (χ3v) is 4.36. The normalized spacial score (nSPS) is 38.3. The molecule has 0 bridgehead atoms. The van der Waals surface area contributed by atoms with Crippen LogP contribution in [-0.2, 0) is 9.53 Å². The van der Waals surface area contributed by atoms with Crippen LogP contribution in [0.4, 0.5) is 0 Å². The van der Waals surface area contributed by atoms with Gasteiger partial charge < -0.3 is 9.84 Å². The van der Waals surface area contributed by atoms with Crippen LogP contribution in [0.25, 0.3) is 0 Å². The average molecular weight is 246 g/mol. The number of aliphatic carboxylic acids is 1. The lowest BCUT2D eigenvalue weighted by molar-refractivity contribution is -0.133. The molecule has 3 aliphatic rings. The molecule has 4 atom stereocenters. The number of allylic oxidation sites excluding steroid dienone is 4. The van der Waals surface area contributed by atoms with Gasteiger partial charge in [-0.25, -0.2) is 4.79 Å². The van der Waals surface area contributed by atoms with Crippen LogP contribution in [0.2, 0.25) is 0 Å². The van der Waals surface area contributed by atoms with E-state index in [0.717, 1.165) is 19.4 Å². The number of hydrogen-bond donors (Lipinski definition) is 1. The Kier molecular flexibility index (Phi) is 3.08. The molecule has 1 N–H and O–H groups in total. The molecule has 0 radical (unpaired) electrons. The van der Waals surface area contributed by atoms with E-state index in [2.05, 4.69) is 24.3 Å². The smallest absolute Gasteiger partial charge is 0.331 e. The van der Waals surface area contributed by atoms with E-state index in [1.807, 2.05) is 6.08 Å². The van der Waals surface area contributed by atoms with Crippen molar-refractivity contribution in [3.05, 3.63) is 36.0 Å². The molecule has 4 unspecified atom stereocenters. The molecule has 96 valence electrons. The highest BCUT2D eigenvalue weighted by Gasteiger charge is 2.38. The molecular formula is C15H18O3. The molecule has 2 aliphatic carbocycles. The molecule has 1 saturated heterocycles. The minimum Gasteiger partial charge on any atom is -0.478 e. The van der Waals surface area contributed by atoms with Gasteiger partial charge in [-0.05, 0) is 43.1 Å². The fraction of sp³-hybridized carbons (Fsp3) is 0.533. The minimum atomic E-state index is -0.795. The Labute approximate surface area is 107 Å². The zero-order chi connectivity index (χ0) is 12.5. The van der Waals surface area contributed by atoms with Crippen molar-refractivity contribution in [3.63, 3.8) is 0 Å². The fourth-order valence-electron chi connectivity index (χ4n) is 3.41. The van der Waals surface area contributed by atoms with Gasteiger partial charge in [-0.2, -0.15) is 0 Å². The molecule has 1 aliphatic heterocycles. The average Bonchev–Trinajstić information content (AvgIpc) is 2.57. The Morgan fingerprint density at radius 2 is 2.11 bits per heavy atom. The number of carboxylic acids is 1. The molecule has 3 heteroatoms. The monoisotopic (exact) mass is 246 g/mol. The quantitative estimate of drug-likeness (QED) is 0.773. The second kappa shape index (κ2) is 4.73. The summed E-state index contributed by atoms with van der Waals surface area (Å²) in [5, 5.41) is 9.08. The highest BCUT2D eigenvalue weighted by molar-refractivity contribution is 5.86. The van der Waals surface area contributed by atoms with E-state index in [4.69, 9.17) is 9.84 Å². The van der Waals surface area contributed by atoms with Crippen LogP contribution in [0.3, 0.4) is 0 Å². The molecule has 0 amide bonds. The van der Waals surface area contributed by atoms with E-state index in [1.54, 1.807) is 0 Å². The zero-order valence-electron chi connectivity index (χ0n) is 10.3. The number of fused-ring (bicyclic) bond motifs is 3. The molecule has 1 heterocycles. The lowest BCUT2D eigenvalue weighted by Gasteiger charge is -2.34. The Morgan fingerprint density at radius 3 is 2.94 bits per heavy atom. The molecule has 3 rings (SSSR count). The molecule has 0 aromatic carbocycles. The van der Waals surface area contributed by atoms with Gasteiger partial charge >= 0.3 is 5.97 Å². The maximum Gasteiger partial charge on any atom is 0.331 e. The Bertz CT molecular complexity index is 433. The van der Waals surface area contributed by atoms with Gasteiger partial charge in [0.15, 0.2) is 0 Å².